The van der Waals surface area contributed by atoms with E-state index in [4.69, 9.17) is 4.74 Å². The number of allylic oxidation sites excluding steroid dienone is 7. The maximum Gasteiger partial charge on any atom is 0.119 e. The summed E-state index contributed by atoms with van der Waals surface area (Å²) < 4.78 is 5.84. The fraction of sp³-hybridized carbons (Fsp3) is 0.417. The molecule has 0 bridgehead atoms. The van der Waals surface area contributed by atoms with Crippen molar-refractivity contribution in [1.29, 1.82) is 0 Å². The predicted octanol–water partition coefficient (Wildman–Crippen LogP) is 6.83. The fourth-order valence-corrected chi connectivity index (χ4v) is 1.85. The van der Waals surface area contributed by atoms with Crippen molar-refractivity contribution in [2.75, 3.05) is 6.61 Å². The SMILES string of the molecule is CC=C(C)C=C(COc1ccccc1)C(C)(C)C.C[SiH]C.[C-]1=CC=CC1.[Ti]. The monoisotopic (exact) mass is 416 g/mol. The number of hydrogen-bond acceptors (Lipinski definition) is 1. The van der Waals surface area contributed by atoms with Crippen LogP contribution in [0, 0.1) is 11.5 Å². The van der Waals surface area contributed by atoms with Crippen LogP contribution in [0.1, 0.15) is 41.0 Å². The first-order valence-electron chi connectivity index (χ1n) is 9.32. The number of rotatable bonds is 4. The van der Waals surface area contributed by atoms with E-state index < -0.39 is 0 Å². The molecule has 1 aromatic carbocycles. The normalized spacial score (nSPS) is 13.0. The van der Waals surface area contributed by atoms with Gasteiger partial charge in [0.2, 0.25) is 0 Å². The Hall–Kier alpha value is -1.09. The Morgan fingerprint density at radius 1 is 1.19 bits per heavy atom. The van der Waals surface area contributed by atoms with Gasteiger partial charge in [0.05, 0.1) is 0 Å². The first-order chi connectivity index (χ1) is 12.3. The van der Waals surface area contributed by atoms with Gasteiger partial charge in [-0.2, -0.15) is 6.08 Å². The third kappa shape index (κ3) is 15.6. The smallest absolute Gasteiger partial charge is 0.119 e. The molecule has 1 radical (unpaired) electrons. The molecular weight excluding hydrogens is 380 g/mol. The summed E-state index contributed by atoms with van der Waals surface area (Å²) >= 11 is 0. The van der Waals surface area contributed by atoms with Crippen molar-refractivity contribution in [3.63, 3.8) is 0 Å². The van der Waals surface area contributed by atoms with Crippen molar-refractivity contribution in [3.05, 3.63) is 77.9 Å². The minimum atomic E-state index is 0. The van der Waals surface area contributed by atoms with E-state index in [2.05, 4.69) is 72.0 Å². The molecule has 1 aromatic rings. The molecule has 0 aliphatic heterocycles. The van der Waals surface area contributed by atoms with Crippen LogP contribution in [-0.2, 0) is 21.7 Å². The molecule has 27 heavy (non-hydrogen) atoms. The zero-order chi connectivity index (χ0) is 19.8. The average molecular weight is 417 g/mol. The van der Waals surface area contributed by atoms with E-state index >= 15 is 0 Å². The summed E-state index contributed by atoms with van der Waals surface area (Å²) in [5, 5.41) is 0. The van der Waals surface area contributed by atoms with E-state index in [1.54, 1.807) is 0 Å². The standard InChI is InChI=1S/C17H24O.C5H5.C2H7Si.Ti/c1-6-14(2)12-15(17(3,4)5)13-18-16-10-8-7-9-11-16;1-2-4-5-3-1;1-3-2;/h6-12H,13H2,1-5H3;1-3H,4H2;3H,1-2H3;/q;-1;;. The topological polar surface area (TPSA) is 9.23 Å². The summed E-state index contributed by atoms with van der Waals surface area (Å²) in [4.78, 5) is 0. The van der Waals surface area contributed by atoms with Crippen LogP contribution in [0.4, 0.5) is 0 Å². The minimum Gasteiger partial charge on any atom is -0.489 e. The van der Waals surface area contributed by atoms with Gasteiger partial charge in [-0.3, -0.25) is 6.08 Å². The van der Waals surface area contributed by atoms with Gasteiger partial charge in [0.15, 0.2) is 0 Å². The van der Waals surface area contributed by atoms with Gasteiger partial charge in [-0.1, -0.05) is 69.8 Å². The number of hydrogen-bond donors (Lipinski definition) is 0. The van der Waals surface area contributed by atoms with Crippen LogP contribution in [0.25, 0.3) is 0 Å². The van der Waals surface area contributed by atoms with E-state index in [0.717, 1.165) is 21.7 Å². The molecule has 0 fully saturated rings. The summed E-state index contributed by atoms with van der Waals surface area (Å²) in [5.41, 5.74) is 2.71. The number of benzene rings is 1. The van der Waals surface area contributed by atoms with Gasteiger partial charge in [-0.15, -0.1) is 6.42 Å². The van der Waals surface area contributed by atoms with Crippen molar-refractivity contribution < 1.29 is 26.5 Å². The van der Waals surface area contributed by atoms with Gasteiger partial charge in [0.25, 0.3) is 0 Å². The molecule has 147 valence electrons. The van der Waals surface area contributed by atoms with E-state index in [1.165, 1.54) is 11.1 Å². The second kappa shape index (κ2) is 17.0. The summed E-state index contributed by atoms with van der Waals surface area (Å²) in [5.74, 6) is 0.922. The van der Waals surface area contributed by atoms with Gasteiger partial charge in [-0.25, -0.2) is 12.2 Å². The Morgan fingerprint density at radius 2 is 1.78 bits per heavy atom. The van der Waals surface area contributed by atoms with Crippen molar-refractivity contribution >= 4 is 9.52 Å². The molecule has 0 aromatic heterocycles. The van der Waals surface area contributed by atoms with Crippen LogP contribution in [0.2, 0.25) is 13.1 Å². The average Bonchev–Trinajstić information content (AvgIpc) is 3.19. The second-order valence-corrected chi connectivity index (χ2v) is 8.29. The molecule has 1 aliphatic carbocycles. The molecule has 0 amide bonds. The first-order valence-corrected chi connectivity index (χ1v) is 11.6. The van der Waals surface area contributed by atoms with E-state index in [1.807, 2.05) is 42.5 Å². The van der Waals surface area contributed by atoms with E-state index in [9.17, 15) is 0 Å². The van der Waals surface area contributed by atoms with E-state index in [-0.39, 0.29) is 27.1 Å². The van der Waals surface area contributed by atoms with Crippen LogP contribution in [-0.4, -0.2) is 16.1 Å². The Balaban J connectivity index is 0. The summed E-state index contributed by atoms with van der Waals surface area (Å²) in [6.07, 6.45) is 14.3. The van der Waals surface area contributed by atoms with Crippen molar-refractivity contribution in [1.82, 2.24) is 0 Å². The van der Waals surface area contributed by atoms with E-state index in [0.29, 0.717) is 6.61 Å². The Labute approximate surface area is 185 Å². The largest absolute Gasteiger partial charge is 0.489 e. The molecule has 0 heterocycles. The van der Waals surface area contributed by atoms with Crippen molar-refractivity contribution in [3.8, 4) is 5.75 Å². The zero-order valence-corrected chi connectivity index (χ0v) is 20.9. The molecule has 1 nitrogen and oxygen atoms in total. The molecule has 0 saturated heterocycles. The van der Waals surface area contributed by atoms with Crippen LogP contribution < -0.4 is 4.74 Å². The third-order valence-electron chi connectivity index (χ3n) is 3.54. The Morgan fingerprint density at radius 3 is 2.15 bits per heavy atom. The maximum absolute atomic E-state index is 5.84. The zero-order valence-electron chi connectivity index (χ0n) is 18.2. The molecule has 1 aliphatic rings. The number of para-hydroxylation sites is 1. The molecule has 3 heteroatoms. The molecule has 0 saturated carbocycles. The van der Waals surface area contributed by atoms with Gasteiger partial charge < -0.3 is 4.74 Å². The minimum absolute atomic E-state index is 0. The summed E-state index contributed by atoms with van der Waals surface area (Å²) in [7, 11) is 0.750. The molecule has 0 unspecified atom stereocenters. The van der Waals surface area contributed by atoms with Gasteiger partial charge in [0.1, 0.15) is 12.4 Å². The Kier molecular flexibility index (Phi) is 17.7. The maximum atomic E-state index is 5.84. The van der Waals surface area contributed by atoms with Gasteiger partial charge in [0, 0.05) is 31.2 Å². The summed E-state index contributed by atoms with van der Waals surface area (Å²) in [6.45, 7) is 15.9. The van der Waals surface area contributed by atoms with Gasteiger partial charge >= 0.3 is 0 Å². The molecule has 2 rings (SSSR count). The first kappa shape index (κ1) is 28.1. The van der Waals surface area contributed by atoms with Crippen LogP contribution in [0.3, 0.4) is 0 Å². The van der Waals surface area contributed by atoms with Crippen LogP contribution in [0.15, 0.2) is 71.9 Å². The molecule has 0 spiro atoms. The molecule has 0 atom stereocenters. The summed E-state index contributed by atoms with van der Waals surface area (Å²) in [6, 6.07) is 9.96. The van der Waals surface area contributed by atoms with Gasteiger partial charge in [-0.05, 0) is 37.0 Å². The predicted molar refractivity (Wildman–Crippen MR) is 119 cm³/mol. The number of ether oxygens (including phenoxy) is 1. The fourth-order valence-electron chi connectivity index (χ4n) is 1.85. The quantitative estimate of drug-likeness (QED) is 0.297. The second-order valence-electron chi connectivity index (χ2n) is 7.13. The van der Waals surface area contributed by atoms with Crippen molar-refractivity contribution in [2.24, 2.45) is 5.41 Å². The van der Waals surface area contributed by atoms with Crippen LogP contribution in [0.5, 0.6) is 5.75 Å². The van der Waals surface area contributed by atoms with Crippen molar-refractivity contribution in [2.45, 2.75) is 54.1 Å². The molecule has 0 N–H and O–H groups in total. The molecular formula is C24H36OSiTi-. The Bertz CT molecular complexity index is 583. The van der Waals surface area contributed by atoms with Crippen LogP contribution >= 0.6 is 0 Å². The third-order valence-corrected chi connectivity index (χ3v) is 3.54.